The monoisotopic (exact) mass is 274 g/mol. The fourth-order valence-electron chi connectivity index (χ4n) is 2.69. The highest BCUT2D eigenvalue weighted by Crippen LogP contribution is 2.27. The van der Waals surface area contributed by atoms with Gasteiger partial charge in [0, 0.05) is 23.6 Å². The summed E-state index contributed by atoms with van der Waals surface area (Å²) in [5.74, 6) is 0.945. The average Bonchev–Trinajstić information content (AvgIpc) is 2.76. The summed E-state index contributed by atoms with van der Waals surface area (Å²) in [6, 6.07) is 6.41. The number of aromatic nitrogens is 1. The molecule has 110 valence electrons. The van der Waals surface area contributed by atoms with Crippen molar-refractivity contribution in [1.29, 1.82) is 0 Å². The van der Waals surface area contributed by atoms with Gasteiger partial charge in [0.05, 0.1) is 7.11 Å². The third-order valence-electron chi connectivity index (χ3n) is 3.69. The second-order valence-corrected chi connectivity index (χ2v) is 5.64. The van der Waals surface area contributed by atoms with E-state index in [1.807, 2.05) is 0 Å². The van der Waals surface area contributed by atoms with Crippen LogP contribution in [0.15, 0.2) is 24.4 Å². The Morgan fingerprint density at radius 1 is 1.25 bits per heavy atom. The highest BCUT2D eigenvalue weighted by Gasteiger charge is 2.09. The molecule has 1 aromatic carbocycles. The number of rotatable bonds is 7. The molecule has 0 saturated heterocycles. The molecule has 1 heterocycles. The van der Waals surface area contributed by atoms with Crippen LogP contribution in [-0.4, -0.2) is 37.2 Å². The first-order valence-electron chi connectivity index (χ1n) is 7.46. The number of benzene rings is 1. The summed E-state index contributed by atoms with van der Waals surface area (Å²) in [6.45, 7) is 4.43. The molecule has 3 nitrogen and oxygen atoms in total. The predicted octanol–water partition coefficient (Wildman–Crippen LogP) is 3.55. The van der Waals surface area contributed by atoms with E-state index in [1.165, 1.54) is 22.9 Å². The van der Waals surface area contributed by atoms with E-state index in [1.54, 1.807) is 7.11 Å². The molecule has 0 aliphatic carbocycles. The molecule has 0 aliphatic rings. The summed E-state index contributed by atoms with van der Waals surface area (Å²) in [5, 5.41) is 1.34. The Bertz CT molecular complexity index is 557. The SMILES string of the molecule is CCCn1cc(CCCN(C)C)c2cc(OC)ccc21. The lowest BCUT2D eigenvalue weighted by atomic mass is 10.1. The van der Waals surface area contributed by atoms with E-state index in [9.17, 15) is 0 Å². The molecule has 0 fully saturated rings. The van der Waals surface area contributed by atoms with Gasteiger partial charge in [0.25, 0.3) is 0 Å². The van der Waals surface area contributed by atoms with Crippen molar-refractivity contribution < 1.29 is 4.74 Å². The smallest absolute Gasteiger partial charge is 0.119 e. The first-order valence-corrected chi connectivity index (χ1v) is 7.46. The Morgan fingerprint density at radius 2 is 2.05 bits per heavy atom. The molecule has 0 amide bonds. The lowest BCUT2D eigenvalue weighted by molar-refractivity contribution is 0.400. The molecule has 1 aromatic heterocycles. The Labute approximate surface area is 122 Å². The minimum Gasteiger partial charge on any atom is -0.497 e. The zero-order valence-corrected chi connectivity index (χ0v) is 13.1. The van der Waals surface area contributed by atoms with Crippen molar-refractivity contribution in [3.63, 3.8) is 0 Å². The van der Waals surface area contributed by atoms with E-state index in [2.05, 4.69) is 54.9 Å². The van der Waals surface area contributed by atoms with Gasteiger partial charge in [0.2, 0.25) is 0 Å². The van der Waals surface area contributed by atoms with Crippen LogP contribution in [0.1, 0.15) is 25.3 Å². The molecular formula is C17H26N2O. The predicted molar refractivity (Wildman–Crippen MR) is 85.7 cm³/mol. The minimum atomic E-state index is 0.945. The maximum atomic E-state index is 5.37. The van der Waals surface area contributed by atoms with Gasteiger partial charge >= 0.3 is 0 Å². The van der Waals surface area contributed by atoms with Crippen molar-refractivity contribution in [2.45, 2.75) is 32.7 Å². The molecule has 0 radical (unpaired) electrons. The van der Waals surface area contributed by atoms with Crippen LogP contribution >= 0.6 is 0 Å². The fourth-order valence-corrected chi connectivity index (χ4v) is 2.69. The van der Waals surface area contributed by atoms with Crippen LogP contribution in [0.2, 0.25) is 0 Å². The number of ether oxygens (including phenoxy) is 1. The summed E-state index contributed by atoms with van der Waals surface area (Å²) >= 11 is 0. The van der Waals surface area contributed by atoms with Crippen LogP contribution in [-0.2, 0) is 13.0 Å². The molecule has 0 atom stereocenters. The van der Waals surface area contributed by atoms with Crippen LogP contribution in [0.25, 0.3) is 10.9 Å². The molecule has 2 rings (SSSR count). The Hall–Kier alpha value is -1.48. The average molecular weight is 274 g/mol. The summed E-state index contributed by atoms with van der Waals surface area (Å²) < 4.78 is 7.75. The lowest BCUT2D eigenvalue weighted by Crippen LogP contribution is -2.13. The van der Waals surface area contributed by atoms with Gasteiger partial charge < -0.3 is 14.2 Å². The van der Waals surface area contributed by atoms with Crippen LogP contribution in [0.3, 0.4) is 0 Å². The van der Waals surface area contributed by atoms with E-state index in [0.717, 1.165) is 31.7 Å². The molecule has 0 saturated carbocycles. The minimum absolute atomic E-state index is 0.945. The molecule has 3 heteroatoms. The van der Waals surface area contributed by atoms with Gasteiger partial charge in [-0.1, -0.05) is 6.92 Å². The summed E-state index contributed by atoms with van der Waals surface area (Å²) in [4.78, 5) is 2.24. The quantitative estimate of drug-likeness (QED) is 0.768. The van der Waals surface area contributed by atoms with Crippen molar-refractivity contribution in [2.24, 2.45) is 0 Å². The van der Waals surface area contributed by atoms with Crippen molar-refractivity contribution in [3.8, 4) is 5.75 Å². The molecule has 0 aliphatic heterocycles. The summed E-state index contributed by atoms with van der Waals surface area (Å²) in [5.41, 5.74) is 2.77. The van der Waals surface area contributed by atoms with Crippen molar-refractivity contribution in [3.05, 3.63) is 30.0 Å². The highest BCUT2D eigenvalue weighted by atomic mass is 16.5. The molecule has 20 heavy (non-hydrogen) atoms. The topological polar surface area (TPSA) is 17.4 Å². The second-order valence-electron chi connectivity index (χ2n) is 5.64. The van der Waals surface area contributed by atoms with Gasteiger partial charge in [-0.15, -0.1) is 0 Å². The highest BCUT2D eigenvalue weighted by molar-refractivity contribution is 5.85. The van der Waals surface area contributed by atoms with Crippen molar-refractivity contribution in [2.75, 3.05) is 27.7 Å². The number of methoxy groups -OCH3 is 1. The van der Waals surface area contributed by atoms with Gasteiger partial charge in [-0.3, -0.25) is 0 Å². The van der Waals surface area contributed by atoms with E-state index in [-0.39, 0.29) is 0 Å². The van der Waals surface area contributed by atoms with Crippen LogP contribution < -0.4 is 4.74 Å². The van der Waals surface area contributed by atoms with E-state index in [0.29, 0.717) is 0 Å². The maximum absolute atomic E-state index is 5.37. The lowest BCUT2D eigenvalue weighted by Gasteiger charge is -2.08. The molecule has 2 aromatic rings. The first-order chi connectivity index (χ1) is 9.65. The second kappa shape index (κ2) is 6.80. The van der Waals surface area contributed by atoms with Crippen molar-refractivity contribution in [1.82, 2.24) is 9.47 Å². The normalized spacial score (nSPS) is 11.4. The van der Waals surface area contributed by atoms with Gasteiger partial charge in [0.1, 0.15) is 5.75 Å². The Kier molecular flexibility index (Phi) is 5.07. The van der Waals surface area contributed by atoms with E-state index >= 15 is 0 Å². The number of hydrogen-bond acceptors (Lipinski definition) is 2. The summed E-state index contributed by atoms with van der Waals surface area (Å²) in [7, 11) is 5.99. The number of fused-ring (bicyclic) bond motifs is 1. The van der Waals surface area contributed by atoms with Crippen LogP contribution in [0, 0.1) is 0 Å². The molecule has 0 N–H and O–H groups in total. The number of nitrogens with zero attached hydrogens (tertiary/aromatic N) is 2. The Morgan fingerprint density at radius 3 is 2.70 bits per heavy atom. The number of aryl methyl sites for hydroxylation is 2. The van der Waals surface area contributed by atoms with Crippen LogP contribution in [0.4, 0.5) is 0 Å². The van der Waals surface area contributed by atoms with E-state index in [4.69, 9.17) is 4.74 Å². The molecular weight excluding hydrogens is 248 g/mol. The van der Waals surface area contributed by atoms with E-state index < -0.39 is 0 Å². The molecule has 0 bridgehead atoms. The van der Waals surface area contributed by atoms with Crippen LogP contribution in [0.5, 0.6) is 5.75 Å². The van der Waals surface area contributed by atoms with Gasteiger partial charge in [0.15, 0.2) is 0 Å². The fraction of sp³-hybridized carbons (Fsp3) is 0.529. The van der Waals surface area contributed by atoms with Crippen molar-refractivity contribution >= 4 is 10.9 Å². The third-order valence-corrected chi connectivity index (χ3v) is 3.69. The van der Waals surface area contributed by atoms with Gasteiger partial charge in [-0.05, 0) is 63.7 Å². The number of hydrogen-bond donors (Lipinski definition) is 0. The maximum Gasteiger partial charge on any atom is 0.119 e. The zero-order chi connectivity index (χ0) is 14.5. The summed E-state index contributed by atoms with van der Waals surface area (Å²) in [6.07, 6.45) is 5.80. The molecule has 0 spiro atoms. The molecule has 0 unspecified atom stereocenters. The van der Waals surface area contributed by atoms with Gasteiger partial charge in [-0.25, -0.2) is 0 Å². The Balaban J connectivity index is 2.30. The zero-order valence-electron chi connectivity index (χ0n) is 13.1. The standard InChI is InChI=1S/C17H26N2O/c1-5-10-19-13-14(7-6-11-18(2)3)16-12-15(20-4)8-9-17(16)19/h8-9,12-13H,5-7,10-11H2,1-4H3. The third kappa shape index (κ3) is 3.34. The largest absolute Gasteiger partial charge is 0.497 e. The first kappa shape index (κ1) is 14.9. The van der Waals surface area contributed by atoms with Gasteiger partial charge in [-0.2, -0.15) is 0 Å².